The van der Waals surface area contributed by atoms with Crippen LogP contribution in [-0.4, -0.2) is 22.0 Å². The first-order valence-electron chi connectivity index (χ1n) is 11.5. The van der Waals surface area contributed by atoms with Gasteiger partial charge >= 0.3 is 11.9 Å². The highest BCUT2D eigenvalue weighted by Crippen LogP contribution is 2.32. The van der Waals surface area contributed by atoms with E-state index >= 15 is 0 Å². The molecular weight excluding hydrogens is 454 g/mol. The van der Waals surface area contributed by atoms with Crippen LogP contribution in [0.15, 0.2) is 84.9 Å². The van der Waals surface area contributed by atoms with Gasteiger partial charge in [0.1, 0.15) is 18.1 Å². The van der Waals surface area contributed by atoms with Crippen molar-refractivity contribution >= 4 is 33.7 Å². The molecule has 6 nitrogen and oxygen atoms in total. The zero-order valence-corrected chi connectivity index (χ0v) is 19.8. The molecule has 4 aromatic carbocycles. The van der Waals surface area contributed by atoms with Gasteiger partial charge in [0.05, 0.1) is 22.2 Å². The molecule has 5 aromatic rings. The van der Waals surface area contributed by atoms with E-state index in [1.807, 2.05) is 48.5 Å². The first kappa shape index (κ1) is 23.1. The summed E-state index contributed by atoms with van der Waals surface area (Å²) in [5, 5.41) is 11.2. The van der Waals surface area contributed by atoms with Crippen LogP contribution in [0.2, 0.25) is 0 Å². The fourth-order valence-electron chi connectivity index (χ4n) is 4.28. The quantitative estimate of drug-likeness (QED) is 0.182. The van der Waals surface area contributed by atoms with Gasteiger partial charge < -0.3 is 14.6 Å². The number of hydrogen-bond acceptors (Lipinski definition) is 6. The summed E-state index contributed by atoms with van der Waals surface area (Å²) in [6, 6.07) is 24.8. The minimum atomic E-state index is -0.574. The SMILES string of the molecule is Cc1cc(C(=O)OCc2ccccc2)cc(C)c1OC(=O)c1c2ccccc2nc2ccc(O)cc12. The highest BCUT2D eigenvalue weighted by atomic mass is 16.5. The summed E-state index contributed by atoms with van der Waals surface area (Å²) in [6.07, 6.45) is 0. The third-order valence-corrected chi connectivity index (χ3v) is 5.97. The summed E-state index contributed by atoms with van der Waals surface area (Å²) >= 11 is 0. The van der Waals surface area contributed by atoms with Crippen LogP contribution >= 0.6 is 0 Å². The number of phenolic OH excluding ortho intramolecular Hbond substituents is 1. The number of hydrogen-bond donors (Lipinski definition) is 1. The van der Waals surface area contributed by atoms with Crippen LogP contribution in [0.4, 0.5) is 0 Å². The Morgan fingerprint density at radius 1 is 0.778 bits per heavy atom. The Morgan fingerprint density at radius 3 is 2.19 bits per heavy atom. The van der Waals surface area contributed by atoms with Gasteiger partial charge in [-0.05, 0) is 66.9 Å². The van der Waals surface area contributed by atoms with Gasteiger partial charge in [0.25, 0.3) is 0 Å². The third kappa shape index (κ3) is 4.49. The van der Waals surface area contributed by atoms with Crippen molar-refractivity contribution in [3.8, 4) is 11.5 Å². The molecule has 0 bridgehead atoms. The second-order valence-electron chi connectivity index (χ2n) is 8.60. The molecule has 1 heterocycles. The van der Waals surface area contributed by atoms with Crippen LogP contribution in [0, 0.1) is 13.8 Å². The third-order valence-electron chi connectivity index (χ3n) is 5.97. The zero-order valence-electron chi connectivity index (χ0n) is 19.8. The van der Waals surface area contributed by atoms with E-state index in [9.17, 15) is 14.7 Å². The Bertz CT molecular complexity index is 1600. The molecule has 6 heteroatoms. The number of nitrogens with zero attached hydrogens (tertiary/aromatic N) is 1. The smallest absolute Gasteiger partial charge is 0.344 e. The fourth-order valence-corrected chi connectivity index (χ4v) is 4.28. The molecule has 0 fully saturated rings. The predicted molar refractivity (Wildman–Crippen MR) is 137 cm³/mol. The van der Waals surface area contributed by atoms with Crippen molar-refractivity contribution in [3.05, 3.63) is 113 Å². The zero-order chi connectivity index (χ0) is 25.2. The molecule has 0 saturated heterocycles. The second kappa shape index (κ2) is 9.50. The van der Waals surface area contributed by atoms with Gasteiger partial charge in [-0.25, -0.2) is 14.6 Å². The van der Waals surface area contributed by atoms with Gasteiger partial charge in [-0.15, -0.1) is 0 Å². The number of fused-ring (bicyclic) bond motifs is 2. The number of pyridine rings is 1. The Hall–Kier alpha value is -4.71. The van der Waals surface area contributed by atoms with Crippen LogP contribution in [0.25, 0.3) is 21.8 Å². The number of ether oxygens (including phenoxy) is 2. The van der Waals surface area contributed by atoms with Gasteiger partial charge in [-0.3, -0.25) is 0 Å². The lowest BCUT2D eigenvalue weighted by Crippen LogP contribution is -2.13. The number of aryl methyl sites for hydroxylation is 2. The molecule has 0 unspecified atom stereocenters. The van der Waals surface area contributed by atoms with Crippen molar-refractivity contribution in [1.29, 1.82) is 0 Å². The van der Waals surface area contributed by atoms with Crippen molar-refractivity contribution in [2.75, 3.05) is 0 Å². The first-order chi connectivity index (χ1) is 17.4. The molecule has 36 heavy (non-hydrogen) atoms. The van der Waals surface area contributed by atoms with Gasteiger partial charge in [0.15, 0.2) is 0 Å². The molecule has 1 N–H and O–H groups in total. The summed E-state index contributed by atoms with van der Waals surface area (Å²) in [7, 11) is 0. The molecule has 0 atom stereocenters. The Labute approximate surface area is 207 Å². The van der Waals surface area contributed by atoms with E-state index in [0.29, 0.717) is 49.8 Å². The molecule has 178 valence electrons. The normalized spacial score (nSPS) is 10.9. The molecule has 0 aliphatic rings. The maximum atomic E-state index is 13.5. The highest BCUT2D eigenvalue weighted by molar-refractivity contribution is 6.15. The molecule has 0 radical (unpaired) electrons. The number of carbonyl (C=O) groups excluding carboxylic acids is 2. The predicted octanol–water partition coefficient (Wildman–Crippen LogP) is 6.29. The van der Waals surface area contributed by atoms with Crippen LogP contribution in [0.1, 0.15) is 37.4 Å². The monoisotopic (exact) mass is 477 g/mol. The molecular formula is C30H23NO5. The van der Waals surface area contributed by atoms with Crippen molar-refractivity contribution in [2.45, 2.75) is 20.5 Å². The number of aromatic nitrogens is 1. The lowest BCUT2D eigenvalue weighted by atomic mass is 10.0. The van der Waals surface area contributed by atoms with Gasteiger partial charge in [0.2, 0.25) is 0 Å². The van der Waals surface area contributed by atoms with Crippen molar-refractivity contribution in [2.24, 2.45) is 0 Å². The van der Waals surface area contributed by atoms with Crippen LogP contribution in [-0.2, 0) is 11.3 Å². The van der Waals surface area contributed by atoms with E-state index in [1.165, 1.54) is 12.1 Å². The average molecular weight is 478 g/mol. The summed E-state index contributed by atoms with van der Waals surface area (Å²) in [6.45, 7) is 3.72. The summed E-state index contributed by atoms with van der Waals surface area (Å²) in [5.41, 5.74) is 4.06. The van der Waals surface area contributed by atoms with Crippen LogP contribution in [0.3, 0.4) is 0 Å². The van der Waals surface area contributed by atoms with E-state index in [2.05, 4.69) is 4.98 Å². The maximum Gasteiger partial charge on any atom is 0.344 e. The number of para-hydroxylation sites is 1. The lowest BCUT2D eigenvalue weighted by Gasteiger charge is -2.15. The largest absolute Gasteiger partial charge is 0.508 e. The molecule has 0 aliphatic carbocycles. The number of aromatic hydroxyl groups is 1. The summed E-state index contributed by atoms with van der Waals surface area (Å²) < 4.78 is 11.3. The van der Waals surface area contributed by atoms with E-state index < -0.39 is 11.9 Å². The van der Waals surface area contributed by atoms with E-state index in [0.717, 1.165) is 5.56 Å². The number of carbonyl (C=O) groups is 2. The highest BCUT2D eigenvalue weighted by Gasteiger charge is 2.21. The maximum absolute atomic E-state index is 13.5. The molecule has 0 aliphatic heterocycles. The number of rotatable bonds is 5. The molecule has 0 saturated carbocycles. The number of phenols is 1. The van der Waals surface area contributed by atoms with Crippen molar-refractivity contribution in [3.63, 3.8) is 0 Å². The summed E-state index contributed by atoms with van der Waals surface area (Å²) in [4.78, 5) is 30.8. The number of benzene rings is 4. The molecule has 5 rings (SSSR count). The lowest BCUT2D eigenvalue weighted by molar-refractivity contribution is 0.0472. The van der Waals surface area contributed by atoms with Crippen LogP contribution < -0.4 is 4.74 Å². The number of esters is 2. The van der Waals surface area contributed by atoms with Crippen molar-refractivity contribution < 1.29 is 24.2 Å². The topological polar surface area (TPSA) is 85.7 Å². The Balaban J connectivity index is 1.46. The first-order valence-corrected chi connectivity index (χ1v) is 11.5. The van der Waals surface area contributed by atoms with Crippen molar-refractivity contribution in [1.82, 2.24) is 4.98 Å². The van der Waals surface area contributed by atoms with Gasteiger partial charge in [-0.2, -0.15) is 0 Å². The molecule has 0 amide bonds. The fraction of sp³-hybridized carbons (Fsp3) is 0.100. The van der Waals surface area contributed by atoms with E-state index in [1.54, 1.807) is 38.1 Å². The van der Waals surface area contributed by atoms with Gasteiger partial charge in [0, 0.05) is 10.8 Å². The summed E-state index contributed by atoms with van der Waals surface area (Å²) in [5.74, 6) is -0.632. The minimum absolute atomic E-state index is 0.0272. The van der Waals surface area contributed by atoms with Gasteiger partial charge in [-0.1, -0.05) is 48.5 Å². The molecule has 0 spiro atoms. The minimum Gasteiger partial charge on any atom is -0.508 e. The molecule has 1 aromatic heterocycles. The Kier molecular flexibility index (Phi) is 6.09. The standard InChI is InChI=1S/C30H23NO5/c1-18-14-21(29(33)35-17-20-8-4-3-5-9-20)15-19(2)28(18)36-30(34)27-23-10-6-7-11-25(23)31-26-13-12-22(32)16-24(26)27/h3-16,32H,17H2,1-2H3. The Morgan fingerprint density at radius 2 is 1.44 bits per heavy atom. The van der Waals surface area contributed by atoms with Crippen LogP contribution in [0.5, 0.6) is 11.5 Å². The average Bonchev–Trinajstić information content (AvgIpc) is 2.88. The van der Waals surface area contributed by atoms with E-state index in [4.69, 9.17) is 9.47 Å². The van der Waals surface area contributed by atoms with E-state index in [-0.39, 0.29) is 12.4 Å². The second-order valence-corrected chi connectivity index (χ2v) is 8.60.